The van der Waals surface area contributed by atoms with Crippen LogP contribution < -0.4 is 0 Å². The van der Waals surface area contributed by atoms with Crippen LogP contribution in [-0.4, -0.2) is 37.1 Å². The van der Waals surface area contributed by atoms with E-state index in [1.54, 1.807) is 24.1 Å². The van der Waals surface area contributed by atoms with Crippen LogP contribution in [0.1, 0.15) is 23.2 Å². The molecule has 0 aromatic heterocycles. The molecule has 0 heterocycles. The minimum absolute atomic E-state index is 0.118. The van der Waals surface area contributed by atoms with Gasteiger partial charge in [-0.15, -0.1) is 0 Å². The van der Waals surface area contributed by atoms with Gasteiger partial charge in [0.2, 0.25) is 0 Å². The van der Waals surface area contributed by atoms with E-state index in [9.17, 15) is 9.18 Å². The van der Waals surface area contributed by atoms with Crippen molar-refractivity contribution in [2.45, 2.75) is 18.9 Å². The molecule has 1 aromatic rings. The number of ether oxygens (including phenoxy) is 1. The van der Waals surface area contributed by atoms with E-state index in [4.69, 9.17) is 4.74 Å². The van der Waals surface area contributed by atoms with Gasteiger partial charge in [-0.25, -0.2) is 4.39 Å². The van der Waals surface area contributed by atoms with E-state index in [0.717, 1.165) is 12.8 Å². The average Bonchev–Trinajstić information content (AvgIpc) is 3.17. The highest BCUT2D eigenvalue weighted by molar-refractivity contribution is 9.10. The quantitative estimate of drug-likeness (QED) is 0.836. The molecule has 98 valence electrons. The van der Waals surface area contributed by atoms with Crippen molar-refractivity contribution in [3.05, 3.63) is 34.1 Å². The third-order valence-corrected chi connectivity index (χ3v) is 3.58. The van der Waals surface area contributed by atoms with Gasteiger partial charge in [0.1, 0.15) is 5.82 Å². The highest BCUT2D eigenvalue weighted by Crippen LogP contribution is 2.29. The number of rotatable bonds is 5. The molecule has 0 radical (unpaired) electrons. The standard InChI is InChI=1S/C13H15BrFNO2/c1-18-8-7-16(9-5-6-9)13(17)10-3-2-4-11(14)12(10)15/h2-4,9H,5-8H2,1H3. The van der Waals surface area contributed by atoms with E-state index in [-0.39, 0.29) is 17.5 Å². The van der Waals surface area contributed by atoms with Crippen LogP contribution in [0, 0.1) is 5.82 Å². The third kappa shape index (κ3) is 2.90. The van der Waals surface area contributed by atoms with Gasteiger partial charge in [-0.1, -0.05) is 6.07 Å². The number of benzene rings is 1. The largest absolute Gasteiger partial charge is 0.383 e. The lowest BCUT2D eigenvalue weighted by Gasteiger charge is -2.22. The van der Waals surface area contributed by atoms with Gasteiger partial charge in [-0.3, -0.25) is 4.79 Å². The first-order valence-electron chi connectivity index (χ1n) is 5.89. The van der Waals surface area contributed by atoms with Gasteiger partial charge in [-0.05, 0) is 40.9 Å². The Morgan fingerprint density at radius 1 is 1.56 bits per heavy atom. The fourth-order valence-electron chi connectivity index (χ4n) is 1.85. The van der Waals surface area contributed by atoms with Crippen LogP contribution in [0.2, 0.25) is 0 Å². The SMILES string of the molecule is COCCN(C(=O)c1cccc(Br)c1F)C1CC1. The molecule has 2 rings (SSSR count). The minimum Gasteiger partial charge on any atom is -0.383 e. The monoisotopic (exact) mass is 315 g/mol. The maximum Gasteiger partial charge on any atom is 0.257 e. The summed E-state index contributed by atoms with van der Waals surface area (Å²) >= 11 is 3.10. The van der Waals surface area contributed by atoms with Gasteiger partial charge < -0.3 is 9.64 Å². The van der Waals surface area contributed by atoms with Crippen molar-refractivity contribution in [3.63, 3.8) is 0 Å². The summed E-state index contributed by atoms with van der Waals surface area (Å²) in [6, 6.07) is 5.01. The van der Waals surface area contributed by atoms with E-state index in [1.165, 1.54) is 6.07 Å². The maximum atomic E-state index is 13.9. The molecule has 1 aliphatic rings. The van der Waals surface area contributed by atoms with Crippen LogP contribution in [0.5, 0.6) is 0 Å². The smallest absolute Gasteiger partial charge is 0.257 e. The van der Waals surface area contributed by atoms with Crippen LogP contribution in [0.4, 0.5) is 4.39 Å². The predicted octanol–water partition coefficient (Wildman–Crippen LogP) is 2.84. The number of amides is 1. The molecule has 0 spiro atoms. The predicted molar refractivity (Wildman–Crippen MR) is 70.0 cm³/mol. The summed E-state index contributed by atoms with van der Waals surface area (Å²) in [6.45, 7) is 0.976. The molecule has 0 N–H and O–H groups in total. The van der Waals surface area contributed by atoms with Gasteiger partial charge in [0.15, 0.2) is 0 Å². The lowest BCUT2D eigenvalue weighted by Crippen LogP contribution is -2.36. The van der Waals surface area contributed by atoms with Crippen molar-refractivity contribution in [2.75, 3.05) is 20.3 Å². The van der Waals surface area contributed by atoms with Gasteiger partial charge in [0, 0.05) is 19.7 Å². The molecule has 0 aliphatic heterocycles. The number of nitrogens with zero attached hydrogens (tertiary/aromatic N) is 1. The zero-order chi connectivity index (χ0) is 13.1. The zero-order valence-corrected chi connectivity index (χ0v) is 11.7. The Morgan fingerprint density at radius 3 is 2.89 bits per heavy atom. The average molecular weight is 316 g/mol. The molecule has 0 saturated heterocycles. The Hall–Kier alpha value is -0.940. The second-order valence-corrected chi connectivity index (χ2v) is 5.18. The highest BCUT2D eigenvalue weighted by Gasteiger charge is 2.33. The number of carbonyl (C=O) groups excluding carboxylic acids is 1. The Labute approximate surface area is 114 Å². The fourth-order valence-corrected chi connectivity index (χ4v) is 2.22. The van der Waals surface area contributed by atoms with Crippen LogP contribution >= 0.6 is 15.9 Å². The van der Waals surface area contributed by atoms with E-state index in [1.807, 2.05) is 0 Å². The van der Waals surface area contributed by atoms with Crippen LogP contribution in [0.15, 0.2) is 22.7 Å². The third-order valence-electron chi connectivity index (χ3n) is 2.97. The van der Waals surface area contributed by atoms with Crippen molar-refractivity contribution < 1.29 is 13.9 Å². The summed E-state index contributed by atoms with van der Waals surface area (Å²) in [4.78, 5) is 14.0. The molecule has 0 bridgehead atoms. The van der Waals surface area contributed by atoms with Crippen molar-refractivity contribution in [1.29, 1.82) is 0 Å². The number of carbonyl (C=O) groups is 1. The first kappa shape index (κ1) is 13.5. The summed E-state index contributed by atoms with van der Waals surface area (Å²) in [5.74, 6) is -0.751. The Bertz CT molecular complexity index is 449. The van der Waals surface area contributed by atoms with Crippen LogP contribution in [0.3, 0.4) is 0 Å². The van der Waals surface area contributed by atoms with Gasteiger partial charge in [0.05, 0.1) is 16.6 Å². The normalized spacial score (nSPS) is 14.6. The van der Waals surface area contributed by atoms with Crippen LogP contribution in [0.25, 0.3) is 0 Å². The number of halogens is 2. The molecule has 3 nitrogen and oxygen atoms in total. The van der Waals surface area contributed by atoms with Gasteiger partial charge >= 0.3 is 0 Å². The molecule has 0 unspecified atom stereocenters. The minimum atomic E-state index is -0.495. The Morgan fingerprint density at radius 2 is 2.28 bits per heavy atom. The van der Waals surface area contributed by atoms with Crippen molar-refractivity contribution in [3.8, 4) is 0 Å². The lowest BCUT2D eigenvalue weighted by atomic mass is 10.2. The summed E-state index contributed by atoms with van der Waals surface area (Å²) in [6.07, 6.45) is 1.98. The summed E-state index contributed by atoms with van der Waals surface area (Å²) < 4.78 is 19.2. The summed E-state index contributed by atoms with van der Waals surface area (Å²) in [5.41, 5.74) is 0.118. The maximum absolute atomic E-state index is 13.9. The number of hydrogen-bond donors (Lipinski definition) is 0. The van der Waals surface area contributed by atoms with E-state index in [2.05, 4.69) is 15.9 Å². The van der Waals surface area contributed by atoms with E-state index < -0.39 is 5.82 Å². The first-order valence-corrected chi connectivity index (χ1v) is 6.68. The molecule has 1 aliphatic carbocycles. The first-order chi connectivity index (χ1) is 8.65. The number of methoxy groups -OCH3 is 1. The molecule has 1 amide bonds. The summed E-state index contributed by atoms with van der Waals surface area (Å²) in [7, 11) is 1.59. The molecule has 1 saturated carbocycles. The lowest BCUT2D eigenvalue weighted by molar-refractivity contribution is 0.0675. The molecule has 1 aromatic carbocycles. The molecule has 5 heteroatoms. The molecule has 18 heavy (non-hydrogen) atoms. The second kappa shape index (κ2) is 5.80. The van der Waals surface area contributed by atoms with Gasteiger partial charge in [-0.2, -0.15) is 0 Å². The Kier molecular flexibility index (Phi) is 4.35. The fraction of sp³-hybridized carbons (Fsp3) is 0.462. The molecular weight excluding hydrogens is 301 g/mol. The van der Waals surface area contributed by atoms with Crippen molar-refractivity contribution >= 4 is 21.8 Å². The molecule has 1 fully saturated rings. The van der Waals surface area contributed by atoms with Crippen LogP contribution in [-0.2, 0) is 4.74 Å². The Balaban J connectivity index is 2.19. The van der Waals surface area contributed by atoms with Crippen molar-refractivity contribution in [2.24, 2.45) is 0 Å². The second-order valence-electron chi connectivity index (χ2n) is 4.32. The van der Waals surface area contributed by atoms with Crippen molar-refractivity contribution in [1.82, 2.24) is 4.90 Å². The summed E-state index contributed by atoms with van der Waals surface area (Å²) in [5, 5.41) is 0. The molecule has 0 atom stereocenters. The van der Waals surface area contributed by atoms with Gasteiger partial charge in [0.25, 0.3) is 5.91 Å². The zero-order valence-electron chi connectivity index (χ0n) is 10.2. The molecular formula is C13H15BrFNO2. The number of hydrogen-bond acceptors (Lipinski definition) is 2. The highest BCUT2D eigenvalue weighted by atomic mass is 79.9. The van der Waals surface area contributed by atoms with E-state index >= 15 is 0 Å². The van der Waals surface area contributed by atoms with E-state index in [0.29, 0.717) is 17.6 Å². The topological polar surface area (TPSA) is 29.5 Å².